The average molecular weight is 310 g/mol. The molecular formula is C18H23BN2O2. The summed E-state index contributed by atoms with van der Waals surface area (Å²) in [6.45, 7) is 10.2. The van der Waals surface area contributed by atoms with Gasteiger partial charge in [-0.15, -0.1) is 0 Å². The largest absolute Gasteiger partial charge is 0.496 e. The van der Waals surface area contributed by atoms with Crippen molar-refractivity contribution in [2.45, 2.75) is 45.8 Å². The van der Waals surface area contributed by atoms with E-state index in [1.165, 1.54) is 5.56 Å². The lowest BCUT2D eigenvalue weighted by molar-refractivity contribution is 0.00578. The van der Waals surface area contributed by atoms with Crippen LogP contribution >= 0.6 is 0 Å². The number of hydrogen-bond donors (Lipinski definition) is 1. The minimum absolute atomic E-state index is 0.372. The van der Waals surface area contributed by atoms with Crippen molar-refractivity contribution in [3.8, 4) is 11.1 Å². The highest BCUT2D eigenvalue weighted by Gasteiger charge is 2.51. The molecule has 1 aromatic carbocycles. The average Bonchev–Trinajstić information content (AvgIpc) is 2.69. The third-order valence-corrected chi connectivity index (χ3v) is 4.83. The number of pyridine rings is 1. The first-order valence-electron chi connectivity index (χ1n) is 7.88. The first-order valence-corrected chi connectivity index (χ1v) is 7.88. The highest BCUT2D eigenvalue weighted by atomic mass is 16.7. The zero-order chi connectivity index (χ0) is 16.8. The quantitative estimate of drug-likeness (QED) is 0.867. The Kier molecular flexibility index (Phi) is 3.73. The normalized spacial score (nSPS) is 19.1. The van der Waals surface area contributed by atoms with Crippen molar-refractivity contribution >= 4 is 18.4 Å². The van der Waals surface area contributed by atoms with E-state index in [0.717, 1.165) is 16.6 Å². The molecular weight excluding hydrogens is 287 g/mol. The Bertz CT molecular complexity index is 710. The van der Waals surface area contributed by atoms with E-state index in [9.17, 15) is 0 Å². The first kappa shape index (κ1) is 16.0. The van der Waals surface area contributed by atoms with Crippen LogP contribution in [0.25, 0.3) is 11.1 Å². The second-order valence-electron chi connectivity index (χ2n) is 7.16. The summed E-state index contributed by atoms with van der Waals surface area (Å²) in [5, 5.41) is 0. The lowest BCUT2D eigenvalue weighted by Gasteiger charge is -2.32. The van der Waals surface area contributed by atoms with E-state index in [2.05, 4.69) is 36.2 Å². The molecule has 0 radical (unpaired) electrons. The van der Waals surface area contributed by atoms with Crippen molar-refractivity contribution in [3.63, 3.8) is 0 Å². The van der Waals surface area contributed by atoms with Gasteiger partial charge in [0.2, 0.25) is 0 Å². The fourth-order valence-corrected chi connectivity index (χ4v) is 2.56. The molecule has 3 rings (SSSR count). The molecule has 0 spiro atoms. The fraction of sp³-hybridized carbons (Fsp3) is 0.389. The minimum Gasteiger partial charge on any atom is -0.399 e. The van der Waals surface area contributed by atoms with Crippen molar-refractivity contribution in [3.05, 3.63) is 42.1 Å². The number of nitrogens with zero attached hydrogens (tertiary/aromatic N) is 1. The number of benzene rings is 1. The molecule has 0 amide bonds. The van der Waals surface area contributed by atoms with E-state index < -0.39 is 7.12 Å². The van der Waals surface area contributed by atoms with Crippen LogP contribution in [0.4, 0.5) is 5.82 Å². The van der Waals surface area contributed by atoms with Gasteiger partial charge in [-0.25, -0.2) is 4.98 Å². The summed E-state index contributed by atoms with van der Waals surface area (Å²) in [4.78, 5) is 4.34. The van der Waals surface area contributed by atoms with Gasteiger partial charge in [-0.2, -0.15) is 0 Å². The van der Waals surface area contributed by atoms with Crippen molar-refractivity contribution in [1.29, 1.82) is 0 Å². The number of nitrogens with two attached hydrogens (primary N) is 1. The number of rotatable bonds is 2. The molecule has 1 fully saturated rings. The Balaban J connectivity index is 1.97. The summed E-state index contributed by atoms with van der Waals surface area (Å²) < 4.78 is 12.2. The van der Waals surface area contributed by atoms with Crippen LogP contribution in [0.1, 0.15) is 33.3 Å². The highest BCUT2D eigenvalue weighted by Crippen LogP contribution is 2.36. The molecule has 2 heterocycles. The molecule has 0 saturated carbocycles. The molecule has 0 aliphatic carbocycles. The van der Waals surface area contributed by atoms with Crippen molar-refractivity contribution < 1.29 is 9.31 Å². The summed E-state index contributed by atoms with van der Waals surface area (Å²) in [7, 11) is -0.433. The van der Waals surface area contributed by atoms with Gasteiger partial charge in [-0.05, 0) is 46.2 Å². The van der Waals surface area contributed by atoms with Crippen LogP contribution in [0.2, 0.25) is 0 Å². The summed E-state index contributed by atoms with van der Waals surface area (Å²) in [6.07, 6.45) is 1.73. The molecule has 0 atom stereocenters. The van der Waals surface area contributed by atoms with Gasteiger partial charge in [0.05, 0.1) is 11.2 Å². The third kappa shape index (κ3) is 2.86. The van der Waals surface area contributed by atoms with Crippen LogP contribution in [0.5, 0.6) is 0 Å². The summed E-state index contributed by atoms with van der Waals surface area (Å²) >= 11 is 0. The minimum atomic E-state index is -0.433. The monoisotopic (exact) mass is 310 g/mol. The number of nitrogen functional groups attached to an aromatic ring is 1. The van der Waals surface area contributed by atoms with Crippen LogP contribution in [0.3, 0.4) is 0 Å². The lowest BCUT2D eigenvalue weighted by Crippen LogP contribution is -2.41. The van der Waals surface area contributed by atoms with E-state index in [1.54, 1.807) is 6.20 Å². The maximum Gasteiger partial charge on any atom is 0.496 e. The van der Waals surface area contributed by atoms with Crippen LogP contribution in [-0.4, -0.2) is 23.3 Å². The molecule has 0 unspecified atom stereocenters. The fourth-order valence-electron chi connectivity index (χ4n) is 2.56. The van der Waals surface area contributed by atoms with Crippen LogP contribution in [0, 0.1) is 6.92 Å². The van der Waals surface area contributed by atoms with Gasteiger partial charge in [0.25, 0.3) is 0 Å². The molecule has 5 heteroatoms. The van der Waals surface area contributed by atoms with Crippen molar-refractivity contribution in [2.24, 2.45) is 0 Å². The first-order chi connectivity index (χ1) is 10.7. The number of aryl methyl sites for hydroxylation is 1. The predicted molar refractivity (Wildman–Crippen MR) is 94.5 cm³/mol. The van der Waals surface area contributed by atoms with Gasteiger partial charge in [-0.1, -0.05) is 29.8 Å². The number of hydrogen-bond acceptors (Lipinski definition) is 4. The summed E-state index contributed by atoms with van der Waals surface area (Å²) in [6, 6.07) is 10.2. The maximum atomic E-state index is 6.10. The number of anilines is 1. The Hall–Kier alpha value is -1.85. The van der Waals surface area contributed by atoms with Gasteiger partial charge in [-0.3, -0.25) is 0 Å². The van der Waals surface area contributed by atoms with E-state index in [1.807, 2.05) is 33.8 Å². The molecule has 23 heavy (non-hydrogen) atoms. The van der Waals surface area contributed by atoms with Gasteiger partial charge >= 0.3 is 7.12 Å². The zero-order valence-corrected chi connectivity index (χ0v) is 14.4. The molecule has 0 bridgehead atoms. The van der Waals surface area contributed by atoms with E-state index >= 15 is 0 Å². The molecule has 2 N–H and O–H groups in total. The summed E-state index contributed by atoms with van der Waals surface area (Å²) in [5.41, 5.74) is 9.36. The van der Waals surface area contributed by atoms with E-state index in [4.69, 9.17) is 15.0 Å². The zero-order valence-electron chi connectivity index (χ0n) is 14.4. The molecule has 1 aliphatic rings. The van der Waals surface area contributed by atoms with E-state index in [0.29, 0.717) is 5.82 Å². The van der Waals surface area contributed by atoms with Gasteiger partial charge in [0.1, 0.15) is 5.82 Å². The molecule has 4 nitrogen and oxygen atoms in total. The summed E-state index contributed by atoms with van der Waals surface area (Å²) in [5.74, 6) is 0.508. The Labute approximate surface area is 138 Å². The maximum absolute atomic E-state index is 6.10. The van der Waals surface area contributed by atoms with Crippen LogP contribution < -0.4 is 11.2 Å². The number of aromatic nitrogens is 1. The van der Waals surface area contributed by atoms with Crippen molar-refractivity contribution in [1.82, 2.24) is 4.98 Å². The highest BCUT2D eigenvalue weighted by molar-refractivity contribution is 6.62. The standard InChI is InChI=1S/C18H23BN2O2/c1-12-6-8-13(9-7-12)15-10-14(11-21-16(15)20)19-22-17(2,3)18(4,5)23-19/h6-11H,1-5H3,(H2,20,21). The van der Waals surface area contributed by atoms with E-state index in [-0.39, 0.29) is 11.2 Å². The van der Waals surface area contributed by atoms with Gasteiger partial charge in [0.15, 0.2) is 0 Å². The van der Waals surface area contributed by atoms with Crippen LogP contribution in [0.15, 0.2) is 36.5 Å². The van der Waals surface area contributed by atoms with Gasteiger partial charge < -0.3 is 15.0 Å². The van der Waals surface area contributed by atoms with Gasteiger partial charge in [0, 0.05) is 17.2 Å². The molecule has 1 aromatic heterocycles. The Morgan fingerprint density at radius 3 is 2.13 bits per heavy atom. The second-order valence-corrected chi connectivity index (χ2v) is 7.16. The SMILES string of the molecule is Cc1ccc(-c2cc(B3OC(C)(C)C(C)(C)O3)cnc2N)cc1. The smallest absolute Gasteiger partial charge is 0.399 e. The Morgan fingerprint density at radius 2 is 1.57 bits per heavy atom. The molecule has 120 valence electrons. The molecule has 1 saturated heterocycles. The van der Waals surface area contributed by atoms with Crippen LogP contribution in [-0.2, 0) is 9.31 Å². The second kappa shape index (κ2) is 5.36. The molecule has 2 aromatic rings. The van der Waals surface area contributed by atoms with Crippen molar-refractivity contribution in [2.75, 3.05) is 5.73 Å². The molecule has 1 aliphatic heterocycles. The third-order valence-electron chi connectivity index (χ3n) is 4.83. The predicted octanol–water partition coefficient (Wildman–Crippen LogP) is 2.94. The lowest BCUT2D eigenvalue weighted by atomic mass is 9.79. The topological polar surface area (TPSA) is 57.4 Å². The Morgan fingerprint density at radius 1 is 1.00 bits per heavy atom.